The van der Waals surface area contributed by atoms with Crippen LogP contribution in [0.3, 0.4) is 0 Å². The van der Waals surface area contributed by atoms with Crippen LogP contribution in [0.5, 0.6) is 5.75 Å². The summed E-state index contributed by atoms with van der Waals surface area (Å²) < 4.78 is 5.75. The van der Waals surface area contributed by atoms with Crippen LogP contribution in [0.25, 0.3) is 0 Å². The van der Waals surface area contributed by atoms with Gasteiger partial charge in [-0.3, -0.25) is 4.79 Å². The van der Waals surface area contributed by atoms with Crippen LogP contribution in [0.4, 0.5) is 0 Å². The predicted molar refractivity (Wildman–Crippen MR) is 89.1 cm³/mol. The van der Waals surface area contributed by atoms with Crippen LogP contribution in [0.1, 0.15) is 24.8 Å². The summed E-state index contributed by atoms with van der Waals surface area (Å²) >= 11 is 0. The number of hydrogen-bond donors (Lipinski definition) is 0. The summed E-state index contributed by atoms with van der Waals surface area (Å²) in [6.45, 7) is 5.80. The molecule has 1 saturated heterocycles. The van der Waals surface area contributed by atoms with Gasteiger partial charge in [0, 0.05) is 33.1 Å². The number of carbonyl (C=O) groups excluding carboxylic acids is 1. The monoisotopic (exact) mass is 304 g/mol. The topological polar surface area (TPSA) is 32.8 Å². The van der Waals surface area contributed by atoms with Gasteiger partial charge in [0.15, 0.2) is 0 Å². The molecule has 1 unspecified atom stereocenters. The Kier molecular flexibility index (Phi) is 6.25. The number of ether oxygens (including phenoxy) is 1. The highest BCUT2D eigenvalue weighted by Crippen LogP contribution is 2.17. The largest absolute Gasteiger partial charge is 0.494 e. The second-order valence-electron chi connectivity index (χ2n) is 6.46. The number of likely N-dealkylation sites (tertiary alicyclic amines) is 1. The third-order valence-electron chi connectivity index (χ3n) is 4.27. The number of piperidine rings is 1. The molecule has 1 aliphatic rings. The maximum Gasteiger partial charge on any atom is 0.222 e. The molecule has 1 aliphatic heterocycles. The Bertz CT molecular complexity index is 472. The zero-order chi connectivity index (χ0) is 15.9. The van der Waals surface area contributed by atoms with Crippen molar-refractivity contribution in [1.82, 2.24) is 9.80 Å². The Morgan fingerprint density at radius 3 is 2.73 bits per heavy atom. The lowest BCUT2D eigenvalue weighted by Gasteiger charge is -2.32. The molecule has 0 spiro atoms. The SMILES string of the molecule is Cc1ccc(OCCCN(C)CC2CCC(=O)N(C)C2)cc1. The molecule has 1 fully saturated rings. The Hall–Kier alpha value is -1.55. The first-order chi connectivity index (χ1) is 10.5. The van der Waals surface area contributed by atoms with Crippen molar-refractivity contribution in [2.75, 3.05) is 40.3 Å². The fraction of sp³-hybridized carbons (Fsp3) is 0.611. The van der Waals surface area contributed by atoms with Gasteiger partial charge < -0.3 is 14.5 Å². The van der Waals surface area contributed by atoms with Crippen LogP contribution < -0.4 is 4.74 Å². The van der Waals surface area contributed by atoms with Crippen molar-refractivity contribution in [3.05, 3.63) is 29.8 Å². The van der Waals surface area contributed by atoms with E-state index >= 15 is 0 Å². The van der Waals surface area contributed by atoms with Gasteiger partial charge in [0.05, 0.1) is 6.61 Å². The van der Waals surface area contributed by atoms with E-state index < -0.39 is 0 Å². The molecule has 0 saturated carbocycles. The first-order valence-electron chi connectivity index (χ1n) is 8.16. The lowest BCUT2D eigenvalue weighted by atomic mass is 9.97. The Balaban J connectivity index is 1.60. The van der Waals surface area contributed by atoms with Gasteiger partial charge in [-0.15, -0.1) is 0 Å². The normalized spacial score (nSPS) is 18.8. The molecule has 0 radical (unpaired) electrons. The van der Waals surface area contributed by atoms with Crippen LogP contribution in [-0.2, 0) is 4.79 Å². The smallest absolute Gasteiger partial charge is 0.222 e. The molecular formula is C18H28N2O2. The second-order valence-corrected chi connectivity index (χ2v) is 6.46. The van der Waals surface area contributed by atoms with Gasteiger partial charge in [0.25, 0.3) is 0 Å². The van der Waals surface area contributed by atoms with Crippen LogP contribution in [0, 0.1) is 12.8 Å². The summed E-state index contributed by atoms with van der Waals surface area (Å²) in [4.78, 5) is 15.7. The third-order valence-corrected chi connectivity index (χ3v) is 4.27. The number of rotatable bonds is 7. The molecule has 0 bridgehead atoms. The van der Waals surface area contributed by atoms with Crippen molar-refractivity contribution in [3.8, 4) is 5.75 Å². The van der Waals surface area contributed by atoms with Gasteiger partial charge >= 0.3 is 0 Å². The van der Waals surface area contributed by atoms with E-state index in [0.717, 1.165) is 44.8 Å². The fourth-order valence-electron chi connectivity index (χ4n) is 2.94. The average Bonchev–Trinajstić information content (AvgIpc) is 2.49. The van der Waals surface area contributed by atoms with E-state index in [2.05, 4.69) is 31.0 Å². The van der Waals surface area contributed by atoms with Crippen LogP contribution >= 0.6 is 0 Å². The summed E-state index contributed by atoms with van der Waals surface area (Å²) in [5, 5.41) is 0. The molecule has 2 rings (SSSR count). The third kappa shape index (κ3) is 5.34. The second kappa shape index (κ2) is 8.18. The highest BCUT2D eigenvalue weighted by atomic mass is 16.5. The summed E-state index contributed by atoms with van der Waals surface area (Å²) in [6, 6.07) is 8.19. The van der Waals surface area contributed by atoms with Crippen LogP contribution in [0.2, 0.25) is 0 Å². The van der Waals surface area contributed by atoms with E-state index in [0.29, 0.717) is 12.3 Å². The van der Waals surface area contributed by atoms with Gasteiger partial charge in [0.1, 0.15) is 5.75 Å². The lowest BCUT2D eigenvalue weighted by molar-refractivity contribution is -0.133. The summed E-state index contributed by atoms with van der Waals surface area (Å²) in [5.41, 5.74) is 1.25. The van der Waals surface area contributed by atoms with E-state index in [-0.39, 0.29) is 5.91 Å². The minimum Gasteiger partial charge on any atom is -0.494 e. The van der Waals surface area contributed by atoms with Gasteiger partial charge in [-0.25, -0.2) is 0 Å². The van der Waals surface area contributed by atoms with Crippen molar-refractivity contribution >= 4 is 5.91 Å². The molecule has 1 amide bonds. The summed E-state index contributed by atoms with van der Waals surface area (Å²) in [6.07, 6.45) is 2.74. The first kappa shape index (κ1) is 16.8. The first-order valence-corrected chi connectivity index (χ1v) is 8.16. The number of nitrogens with zero attached hydrogens (tertiary/aromatic N) is 2. The van der Waals surface area contributed by atoms with Crippen LogP contribution in [0.15, 0.2) is 24.3 Å². The van der Waals surface area contributed by atoms with E-state index in [1.165, 1.54) is 5.56 Å². The van der Waals surface area contributed by atoms with Crippen molar-refractivity contribution in [3.63, 3.8) is 0 Å². The molecule has 1 aromatic rings. The number of aryl methyl sites for hydroxylation is 1. The molecular weight excluding hydrogens is 276 g/mol. The molecule has 0 aliphatic carbocycles. The highest BCUT2D eigenvalue weighted by Gasteiger charge is 2.23. The highest BCUT2D eigenvalue weighted by molar-refractivity contribution is 5.76. The van der Waals surface area contributed by atoms with Gasteiger partial charge in [-0.05, 0) is 44.9 Å². The van der Waals surface area contributed by atoms with Crippen molar-refractivity contribution in [2.45, 2.75) is 26.2 Å². The predicted octanol–water partition coefficient (Wildman–Crippen LogP) is 2.56. The number of amides is 1. The van der Waals surface area contributed by atoms with Gasteiger partial charge in [0.2, 0.25) is 5.91 Å². The molecule has 4 nitrogen and oxygen atoms in total. The summed E-state index contributed by atoms with van der Waals surface area (Å²) in [7, 11) is 4.06. The van der Waals surface area contributed by atoms with E-state index in [1.54, 1.807) is 0 Å². The maximum atomic E-state index is 11.5. The van der Waals surface area contributed by atoms with E-state index in [1.807, 2.05) is 24.1 Å². The molecule has 0 N–H and O–H groups in total. The molecule has 1 heterocycles. The minimum absolute atomic E-state index is 0.283. The minimum atomic E-state index is 0.283. The van der Waals surface area contributed by atoms with E-state index in [9.17, 15) is 4.79 Å². The number of benzene rings is 1. The van der Waals surface area contributed by atoms with Crippen molar-refractivity contribution < 1.29 is 9.53 Å². The summed E-state index contributed by atoms with van der Waals surface area (Å²) in [5.74, 6) is 1.83. The quantitative estimate of drug-likeness (QED) is 0.726. The standard InChI is InChI=1S/C18H28N2O2/c1-15-5-8-17(9-6-15)22-12-4-11-19(2)13-16-7-10-18(21)20(3)14-16/h5-6,8-9,16H,4,7,10-14H2,1-3H3. The molecule has 122 valence electrons. The van der Waals surface area contributed by atoms with Gasteiger partial charge in [-0.2, -0.15) is 0 Å². The van der Waals surface area contributed by atoms with Gasteiger partial charge in [-0.1, -0.05) is 17.7 Å². The van der Waals surface area contributed by atoms with Crippen molar-refractivity contribution in [2.24, 2.45) is 5.92 Å². The molecule has 0 aromatic heterocycles. The zero-order valence-electron chi connectivity index (χ0n) is 14.0. The van der Waals surface area contributed by atoms with E-state index in [4.69, 9.17) is 4.74 Å². The maximum absolute atomic E-state index is 11.5. The lowest BCUT2D eigenvalue weighted by Crippen LogP contribution is -2.41. The Labute approximate surface area is 134 Å². The molecule has 1 aromatic carbocycles. The number of hydrogen-bond acceptors (Lipinski definition) is 3. The molecule has 22 heavy (non-hydrogen) atoms. The van der Waals surface area contributed by atoms with Crippen LogP contribution in [-0.4, -0.2) is 56.0 Å². The average molecular weight is 304 g/mol. The molecule has 1 atom stereocenters. The number of carbonyl (C=O) groups is 1. The Morgan fingerprint density at radius 2 is 2.05 bits per heavy atom. The molecule has 4 heteroatoms. The zero-order valence-corrected chi connectivity index (χ0v) is 14.0. The van der Waals surface area contributed by atoms with Crippen molar-refractivity contribution in [1.29, 1.82) is 0 Å². The fourth-order valence-corrected chi connectivity index (χ4v) is 2.94. The Morgan fingerprint density at radius 1 is 1.32 bits per heavy atom.